The van der Waals surface area contributed by atoms with Gasteiger partial charge in [0.25, 0.3) is 0 Å². The van der Waals surface area contributed by atoms with Crippen molar-refractivity contribution in [2.75, 3.05) is 10.6 Å². The van der Waals surface area contributed by atoms with Crippen LogP contribution in [0.25, 0.3) is 22.2 Å². The summed E-state index contributed by atoms with van der Waals surface area (Å²) < 4.78 is 15.7. The number of benzene rings is 2. The van der Waals surface area contributed by atoms with Crippen molar-refractivity contribution in [2.45, 2.75) is 44.1 Å². The highest BCUT2D eigenvalue weighted by Gasteiger charge is 2.53. The molecule has 3 N–H and O–H groups in total. The van der Waals surface area contributed by atoms with Gasteiger partial charge in [-0.05, 0) is 79.6 Å². The fourth-order valence-electron chi connectivity index (χ4n) is 4.63. The smallest absolute Gasteiger partial charge is 0.323 e. The lowest BCUT2D eigenvalue weighted by Gasteiger charge is -2.17. The number of anilines is 2. The lowest BCUT2D eigenvalue weighted by molar-refractivity contribution is -0.123. The summed E-state index contributed by atoms with van der Waals surface area (Å²) in [6.45, 7) is 1.83. The summed E-state index contributed by atoms with van der Waals surface area (Å²) in [4.78, 5) is 30.4. The van der Waals surface area contributed by atoms with Crippen molar-refractivity contribution < 1.29 is 14.0 Å². The summed E-state index contributed by atoms with van der Waals surface area (Å²) in [6.07, 6.45) is 5.42. The minimum Gasteiger partial charge on any atom is -0.353 e. The summed E-state index contributed by atoms with van der Waals surface area (Å²) >= 11 is 0. The fourth-order valence-corrected chi connectivity index (χ4v) is 4.63. The van der Waals surface area contributed by atoms with Crippen LogP contribution in [0, 0.1) is 12.7 Å². The van der Waals surface area contributed by atoms with Gasteiger partial charge in [0.15, 0.2) is 5.65 Å². The van der Waals surface area contributed by atoms with E-state index in [1.165, 1.54) is 6.07 Å². The molecule has 6 rings (SSSR count). The zero-order valence-electron chi connectivity index (χ0n) is 20.6. The number of carbonyl (C=O) groups is 2. The minimum atomic E-state index is -0.583. The Bertz CT molecular complexity index is 1540. The number of urea groups is 1. The van der Waals surface area contributed by atoms with Gasteiger partial charge in [-0.25, -0.2) is 14.2 Å². The number of halogens is 1. The Labute approximate surface area is 213 Å². The number of hydrogen-bond donors (Lipinski definition) is 3. The standard InChI is InChI=1S/C28H27FN6O2/c1-16-3-10-22(29)23(13-16)33-27(37)32-19-6-4-17(5-7-19)20-14-24(34-25-21(20)15-30-35(25)2)28(11-12-28)26(36)31-18-8-9-18/h3-7,10,13-15,18H,8-9,11-12H2,1-2H3,(H,31,36)(H2,32,33,37). The van der Waals surface area contributed by atoms with Gasteiger partial charge in [0.1, 0.15) is 5.82 Å². The van der Waals surface area contributed by atoms with E-state index >= 15 is 0 Å². The first kappa shape index (κ1) is 23.1. The fraction of sp³-hybridized carbons (Fsp3) is 0.286. The van der Waals surface area contributed by atoms with Crippen LogP contribution >= 0.6 is 0 Å². The van der Waals surface area contributed by atoms with E-state index in [4.69, 9.17) is 4.98 Å². The Morgan fingerprint density at radius 3 is 2.51 bits per heavy atom. The third-order valence-corrected chi connectivity index (χ3v) is 7.12. The quantitative estimate of drug-likeness (QED) is 0.347. The Hall–Kier alpha value is -4.27. The first-order valence-electron chi connectivity index (χ1n) is 12.4. The molecule has 2 fully saturated rings. The van der Waals surface area contributed by atoms with Crippen molar-refractivity contribution in [3.63, 3.8) is 0 Å². The molecule has 9 heteroatoms. The maximum atomic E-state index is 14.0. The van der Waals surface area contributed by atoms with Gasteiger partial charge in [-0.2, -0.15) is 5.10 Å². The van der Waals surface area contributed by atoms with E-state index in [1.807, 2.05) is 32.2 Å². The van der Waals surface area contributed by atoms with Crippen molar-refractivity contribution in [3.05, 3.63) is 71.8 Å². The zero-order chi connectivity index (χ0) is 25.7. The van der Waals surface area contributed by atoms with Crippen molar-refractivity contribution >= 4 is 34.3 Å². The molecule has 0 atom stereocenters. The van der Waals surface area contributed by atoms with Crippen molar-refractivity contribution in [2.24, 2.45) is 7.05 Å². The molecule has 3 amide bonds. The van der Waals surface area contributed by atoms with Crippen LogP contribution in [-0.2, 0) is 17.3 Å². The van der Waals surface area contributed by atoms with Crippen LogP contribution in [0.1, 0.15) is 36.9 Å². The molecular weight excluding hydrogens is 471 g/mol. The molecule has 0 radical (unpaired) electrons. The Kier molecular flexibility index (Phi) is 5.43. The molecule has 2 saturated carbocycles. The average Bonchev–Trinajstić information content (AvgIpc) is 3.81. The Morgan fingerprint density at radius 2 is 1.81 bits per heavy atom. The number of aromatic nitrogens is 3. The SMILES string of the molecule is Cc1ccc(F)c(NC(=O)Nc2ccc(-c3cc(C4(C(=O)NC5CC5)CC4)nc4c3cnn4C)cc2)c1. The molecule has 4 aromatic rings. The lowest BCUT2D eigenvalue weighted by atomic mass is 9.95. The number of amides is 3. The number of fused-ring (bicyclic) bond motifs is 1. The topological polar surface area (TPSA) is 101 Å². The summed E-state index contributed by atoms with van der Waals surface area (Å²) in [6, 6.07) is 13.7. The van der Waals surface area contributed by atoms with Crippen LogP contribution in [0.2, 0.25) is 0 Å². The van der Waals surface area contributed by atoms with Crippen LogP contribution in [0.4, 0.5) is 20.6 Å². The molecule has 2 heterocycles. The first-order valence-corrected chi connectivity index (χ1v) is 12.4. The molecule has 0 unspecified atom stereocenters. The van der Waals surface area contributed by atoms with Gasteiger partial charge in [0.2, 0.25) is 5.91 Å². The van der Waals surface area contributed by atoms with Gasteiger partial charge >= 0.3 is 6.03 Å². The molecule has 0 aliphatic heterocycles. The highest BCUT2D eigenvalue weighted by molar-refractivity contribution is 6.00. The monoisotopic (exact) mass is 498 g/mol. The number of aryl methyl sites for hydroxylation is 2. The number of pyridine rings is 1. The van der Waals surface area contributed by atoms with E-state index in [9.17, 15) is 14.0 Å². The van der Waals surface area contributed by atoms with E-state index < -0.39 is 17.3 Å². The molecule has 2 aromatic carbocycles. The first-order chi connectivity index (χ1) is 17.8. The van der Waals surface area contributed by atoms with Crippen molar-refractivity contribution in [1.29, 1.82) is 0 Å². The Balaban J connectivity index is 1.27. The second-order valence-electron chi connectivity index (χ2n) is 10.0. The molecule has 0 saturated heterocycles. The second-order valence-corrected chi connectivity index (χ2v) is 10.0. The number of rotatable bonds is 6. The lowest BCUT2D eigenvalue weighted by Crippen LogP contribution is -2.36. The molecule has 37 heavy (non-hydrogen) atoms. The van der Waals surface area contributed by atoms with Crippen LogP contribution < -0.4 is 16.0 Å². The normalized spacial score (nSPS) is 15.9. The van der Waals surface area contributed by atoms with Crippen LogP contribution in [-0.4, -0.2) is 32.7 Å². The summed E-state index contributed by atoms with van der Waals surface area (Å²) in [7, 11) is 1.84. The number of carbonyl (C=O) groups excluding carboxylic acids is 2. The molecule has 2 aliphatic carbocycles. The van der Waals surface area contributed by atoms with E-state index in [2.05, 4.69) is 21.0 Å². The summed E-state index contributed by atoms with van der Waals surface area (Å²) in [5.74, 6) is -0.435. The number of hydrogen-bond acceptors (Lipinski definition) is 4. The zero-order valence-corrected chi connectivity index (χ0v) is 20.6. The van der Waals surface area contributed by atoms with Crippen molar-refractivity contribution in [3.8, 4) is 11.1 Å². The molecule has 8 nitrogen and oxygen atoms in total. The van der Waals surface area contributed by atoms with Gasteiger partial charge < -0.3 is 16.0 Å². The molecule has 0 bridgehead atoms. The maximum absolute atomic E-state index is 14.0. The predicted molar refractivity (Wildman–Crippen MR) is 140 cm³/mol. The van der Waals surface area contributed by atoms with Gasteiger partial charge in [-0.3, -0.25) is 9.48 Å². The number of nitrogens with zero attached hydrogens (tertiary/aromatic N) is 3. The average molecular weight is 499 g/mol. The minimum absolute atomic E-state index is 0.0607. The summed E-state index contributed by atoms with van der Waals surface area (Å²) in [5.41, 5.74) is 4.27. The highest BCUT2D eigenvalue weighted by atomic mass is 19.1. The van der Waals surface area contributed by atoms with Crippen LogP contribution in [0.5, 0.6) is 0 Å². The molecule has 2 aromatic heterocycles. The molecule has 0 spiro atoms. The third kappa shape index (κ3) is 4.41. The molecular formula is C28H27FN6O2. The predicted octanol–water partition coefficient (Wildman–Crippen LogP) is 5.04. The van der Waals surface area contributed by atoms with Crippen LogP contribution in [0.3, 0.4) is 0 Å². The number of nitrogens with one attached hydrogen (secondary N) is 3. The van der Waals surface area contributed by atoms with Gasteiger partial charge in [-0.1, -0.05) is 18.2 Å². The molecule has 2 aliphatic rings. The largest absolute Gasteiger partial charge is 0.353 e. The van der Waals surface area contributed by atoms with Gasteiger partial charge in [0, 0.05) is 24.2 Å². The second kappa shape index (κ2) is 8.69. The van der Waals surface area contributed by atoms with Gasteiger partial charge in [-0.15, -0.1) is 0 Å². The van der Waals surface area contributed by atoms with Crippen LogP contribution in [0.15, 0.2) is 54.7 Å². The van der Waals surface area contributed by atoms with Crippen molar-refractivity contribution in [1.82, 2.24) is 20.1 Å². The molecule has 188 valence electrons. The van der Waals surface area contributed by atoms with E-state index in [1.54, 1.807) is 35.1 Å². The van der Waals surface area contributed by atoms with E-state index in [-0.39, 0.29) is 11.6 Å². The van der Waals surface area contributed by atoms with E-state index in [0.717, 1.165) is 59.1 Å². The van der Waals surface area contributed by atoms with E-state index in [0.29, 0.717) is 11.7 Å². The maximum Gasteiger partial charge on any atom is 0.323 e. The highest BCUT2D eigenvalue weighted by Crippen LogP contribution is 2.49. The summed E-state index contributed by atoms with van der Waals surface area (Å²) in [5, 5.41) is 13.7. The Morgan fingerprint density at radius 1 is 1.05 bits per heavy atom. The van der Waals surface area contributed by atoms with Gasteiger partial charge in [0.05, 0.1) is 23.0 Å². The third-order valence-electron chi connectivity index (χ3n) is 7.12.